The SMILES string of the molecule is COC(=O)CCc1ccc(-c2cnn(Cc3ccccc3)c2)cc1. The Kier molecular flexibility index (Phi) is 5.06. The molecule has 1 aromatic heterocycles. The average Bonchev–Trinajstić information content (AvgIpc) is 3.09. The number of hydrogen-bond donors (Lipinski definition) is 0. The van der Waals surface area contributed by atoms with Gasteiger partial charge in [0.15, 0.2) is 0 Å². The molecule has 1 heterocycles. The largest absolute Gasteiger partial charge is 0.469 e. The highest BCUT2D eigenvalue weighted by Crippen LogP contribution is 2.20. The van der Waals surface area contributed by atoms with E-state index in [-0.39, 0.29) is 5.97 Å². The summed E-state index contributed by atoms with van der Waals surface area (Å²) in [6.07, 6.45) is 5.04. The lowest BCUT2D eigenvalue weighted by atomic mass is 10.0. The third kappa shape index (κ3) is 4.10. The van der Waals surface area contributed by atoms with Gasteiger partial charge in [-0.1, -0.05) is 54.6 Å². The predicted molar refractivity (Wildman–Crippen MR) is 93.5 cm³/mol. The quantitative estimate of drug-likeness (QED) is 0.650. The van der Waals surface area contributed by atoms with Crippen LogP contribution < -0.4 is 0 Å². The average molecular weight is 320 g/mol. The monoisotopic (exact) mass is 320 g/mol. The van der Waals surface area contributed by atoms with Gasteiger partial charge in [0.05, 0.1) is 19.9 Å². The van der Waals surface area contributed by atoms with Crippen molar-refractivity contribution < 1.29 is 9.53 Å². The summed E-state index contributed by atoms with van der Waals surface area (Å²) in [5.41, 5.74) is 4.56. The summed E-state index contributed by atoms with van der Waals surface area (Å²) in [5.74, 6) is -0.179. The summed E-state index contributed by atoms with van der Waals surface area (Å²) in [6.45, 7) is 0.762. The van der Waals surface area contributed by atoms with Crippen LogP contribution in [0.15, 0.2) is 67.0 Å². The molecule has 4 heteroatoms. The Morgan fingerprint density at radius 3 is 2.46 bits per heavy atom. The number of esters is 1. The van der Waals surface area contributed by atoms with E-state index < -0.39 is 0 Å². The summed E-state index contributed by atoms with van der Waals surface area (Å²) in [4.78, 5) is 11.2. The van der Waals surface area contributed by atoms with Crippen LogP contribution in [0.4, 0.5) is 0 Å². The van der Waals surface area contributed by atoms with Gasteiger partial charge in [0.2, 0.25) is 0 Å². The van der Waals surface area contributed by atoms with Crippen LogP contribution in [0.25, 0.3) is 11.1 Å². The van der Waals surface area contributed by atoms with Crippen LogP contribution >= 0.6 is 0 Å². The van der Waals surface area contributed by atoms with Gasteiger partial charge in [0, 0.05) is 18.2 Å². The molecule has 0 saturated heterocycles. The molecular formula is C20H20N2O2. The lowest BCUT2D eigenvalue weighted by Crippen LogP contribution is -2.01. The molecule has 0 aliphatic carbocycles. The van der Waals surface area contributed by atoms with E-state index in [1.165, 1.54) is 12.7 Å². The number of methoxy groups -OCH3 is 1. The van der Waals surface area contributed by atoms with Crippen molar-refractivity contribution in [2.45, 2.75) is 19.4 Å². The van der Waals surface area contributed by atoms with Crippen LogP contribution in [0.3, 0.4) is 0 Å². The first-order chi connectivity index (χ1) is 11.7. The molecule has 0 saturated carbocycles. The molecule has 122 valence electrons. The van der Waals surface area contributed by atoms with Crippen molar-refractivity contribution in [3.05, 3.63) is 78.1 Å². The molecule has 3 rings (SSSR count). The van der Waals surface area contributed by atoms with E-state index in [0.29, 0.717) is 12.8 Å². The van der Waals surface area contributed by atoms with E-state index in [1.54, 1.807) is 0 Å². The highest BCUT2D eigenvalue weighted by atomic mass is 16.5. The van der Waals surface area contributed by atoms with Crippen molar-refractivity contribution in [1.82, 2.24) is 9.78 Å². The number of nitrogens with zero attached hydrogens (tertiary/aromatic N) is 2. The minimum atomic E-state index is -0.179. The van der Waals surface area contributed by atoms with Crippen LogP contribution in [-0.4, -0.2) is 22.9 Å². The van der Waals surface area contributed by atoms with Crippen molar-refractivity contribution in [3.8, 4) is 11.1 Å². The second-order valence-electron chi connectivity index (χ2n) is 5.69. The second-order valence-corrected chi connectivity index (χ2v) is 5.69. The van der Waals surface area contributed by atoms with Crippen LogP contribution in [-0.2, 0) is 22.5 Å². The fourth-order valence-corrected chi connectivity index (χ4v) is 2.58. The lowest BCUT2D eigenvalue weighted by molar-refractivity contribution is -0.140. The zero-order valence-electron chi connectivity index (χ0n) is 13.7. The van der Waals surface area contributed by atoms with E-state index in [2.05, 4.69) is 40.3 Å². The van der Waals surface area contributed by atoms with Crippen molar-refractivity contribution in [1.29, 1.82) is 0 Å². The van der Waals surface area contributed by atoms with Gasteiger partial charge < -0.3 is 4.74 Å². The van der Waals surface area contributed by atoms with Gasteiger partial charge in [-0.15, -0.1) is 0 Å². The Morgan fingerprint density at radius 2 is 1.75 bits per heavy atom. The smallest absolute Gasteiger partial charge is 0.305 e. The van der Waals surface area contributed by atoms with Gasteiger partial charge in [-0.05, 0) is 23.1 Å². The second kappa shape index (κ2) is 7.59. The van der Waals surface area contributed by atoms with E-state index in [0.717, 1.165) is 23.2 Å². The molecule has 0 N–H and O–H groups in total. The summed E-state index contributed by atoms with van der Waals surface area (Å²) in [6, 6.07) is 18.5. The zero-order chi connectivity index (χ0) is 16.8. The van der Waals surface area contributed by atoms with E-state index in [4.69, 9.17) is 0 Å². The van der Waals surface area contributed by atoms with Crippen molar-refractivity contribution in [3.63, 3.8) is 0 Å². The highest BCUT2D eigenvalue weighted by Gasteiger charge is 2.05. The van der Waals surface area contributed by atoms with E-state index >= 15 is 0 Å². The van der Waals surface area contributed by atoms with Crippen LogP contribution in [0.1, 0.15) is 17.5 Å². The molecule has 4 nitrogen and oxygen atoms in total. The maximum Gasteiger partial charge on any atom is 0.305 e. The maximum absolute atomic E-state index is 11.2. The summed E-state index contributed by atoms with van der Waals surface area (Å²) >= 11 is 0. The predicted octanol–water partition coefficient (Wildman–Crippen LogP) is 3.70. The Labute approximate surface area is 141 Å². The molecule has 0 fully saturated rings. The minimum Gasteiger partial charge on any atom is -0.469 e. The molecule has 24 heavy (non-hydrogen) atoms. The van der Waals surface area contributed by atoms with Gasteiger partial charge >= 0.3 is 5.97 Å². The van der Waals surface area contributed by atoms with Crippen LogP contribution in [0.2, 0.25) is 0 Å². The van der Waals surface area contributed by atoms with E-state index in [9.17, 15) is 4.79 Å². The highest BCUT2D eigenvalue weighted by molar-refractivity contribution is 5.69. The number of aryl methyl sites for hydroxylation is 1. The number of hydrogen-bond acceptors (Lipinski definition) is 3. The molecule has 0 aliphatic heterocycles. The van der Waals surface area contributed by atoms with Crippen molar-refractivity contribution in [2.24, 2.45) is 0 Å². The zero-order valence-corrected chi connectivity index (χ0v) is 13.7. The van der Waals surface area contributed by atoms with Gasteiger partial charge in [-0.25, -0.2) is 0 Å². The fraction of sp³-hybridized carbons (Fsp3) is 0.200. The number of rotatable bonds is 6. The number of carbonyl (C=O) groups is 1. The fourth-order valence-electron chi connectivity index (χ4n) is 2.58. The van der Waals surface area contributed by atoms with Gasteiger partial charge in [0.25, 0.3) is 0 Å². The molecule has 0 aliphatic rings. The molecule has 0 spiro atoms. The molecule has 0 radical (unpaired) electrons. The Bertz CT molecular complexity index is 792. The van der Waals surface area contributed by atoms with Crippen molar-refractivity contribution >= 4 is 5.97 Å². The molecular weight excluding hydrogens is 300 g/mol. The molecule has 2 aromatic carbocycles. The van der Waals surface area contributed by atoms with Gasteiger partial charge in [-0.2, -0.15) is 5.10 Å². The van der Waals surface area contributed by atoms with Crippen molar-refractivity contribution in [2.75, 3.05) is 7.11 Å². The molecule has 0 bridgehead atoms. The topological polar surface area (TPSA) is 44.1 Å². The summed E-state index contributed by atoms with van der Waals surface area (Å²) < 4.78 is 6.61. The summed E-state index contributed by atoms with van der Waals surface area (Å²) in [5, 5.41) is 4.44. The maximum atomic E-state index is 11.2. The van der Waals surface area contributed by atoms with Gasteiger partial charge in [0.1, 0.15) is 0 Å². The molecule has 0 amide bonds. The number of carbonyl (C=O) groups excluding carboxylic acids is 1. The Morgan fingerprint density at radius 1 is 1.00 bits per heavy atom. The number of benzene rings is 2. The third-order valence-corrected chi connectivity index (χ3v) is 3.95. The standard InChI is InChI=1S/C20H20N2O2/c1-24-20(23)12-9-16-7-10-18(11-8-16)19-13-21-22(15-19)14-17-5-3-2-4-6-17/h2-8,10-11,13,15H,9,12,14H2,1H3. The first-order valence-corrected chi connectivity index (χ1v) is 7.97. The number of aromatic nitrogens is 2. The third-order valence-electron chi connectivity index (χ3n) is 3.95. The molecule has 0 unspecified atom stereocenters. The first-order valence-electron chi connectivity index (χ1n) is 7.97. The summed E-state index contributed by atoms with van der Waals surface area (Å²) in [7, 11) is 1.42. The Hall–Kier alpha value is -2.88. The normalized spacial score (nSPS) is 10.5. The number of ether oxygens (including phenoxy) is 1. The van der Waals surface area contributed by atoms with E-state index in [1.807, 2.05) is 41.2 Å². The molecule has 0 atom stereocenters. The Balaban J connectivity index is 1.65. The molecule has 3 aromatic rings. The lowest BCUT2D eigenvalue weighted by Gasteiger charge is -2.03. The first kappa shape index (κ1) is 16.0. The van der Waals surface area contributed by atoms with Gasteiger partial charge in [-0.3, -0.25) is 9.48 Å². The van der Waals surface area contributed by atoms with Crippen LogP contribution in [0, 0.1) is 0 Å². The minimum absolute atomic E-state index is 0.179. The van der Waals surface area contributed by atoms with Crippen LogP contribution in [0.5, 0.6) is 0 Å².